The van der Waals surface area contributed by atoms with Gasteiger partial charge in [-0.1, -0.05) is 18.6 Å². The number of hydrogen-bond donors (Lipinski definition) is 2. The Balaban J connectivity index is 1.88. The highest BCUT2D eigenvalue weighted by molar-refractivity contribution is 7.80. The minimum Gasteiger partial charge on any atom is -0.389 e. The van der Waals surface area contributed by atoms with E-state index in [1.807, 2.05) is 13.8 Å². The lowest BCUT2D eigenvalue weighted by molar-refractivity contribution is 0.438. The molecule has 3 rings (SSSR count). The van der Waals surface area contributed by atoms with Gasteiger partial charge in [-0.25, -0.2) is 0 Å². The molecule has 4 nitrogen and oxygen atoms in total. The second-order valence-corrected chi connectivity index (χ2v) is 6.36. The predicted octanol–water partition coefficient (Wildman–Crippen LogP) is 2.33. The van der Waals surface area contributed by atoms with Crippen molar-refractivity contribution in [1.29, 1.82) is 0 Å². The summed E-state index contributed by atoms with van der Waals surface area (Å²) in [5, 5.41) is 12.0. The first-order chi connectivity index (χ1) is 9.06. The highest BCUT2D eigenvalue weighted by atomic mass is 32.1. The number of anilines is 1. The number of fused-ring (bicyclic) bond motifs is 2. The van der Waals surface area contributed by atoms with E-state index >= 15 is 0 Å². The topological polar surface area (TPSA) is 63.8 Å². The SMILES string of the molecule is Cc1nnc(NC2CC3CCC2C3)c(C(N)=S)c1C. The van der Waals surface area contributed by atoms with Gasteiger partial charge in [-0.05, 0) is 50.5 Å². The summed E-state index contributed by atoms with van der Waals surface area (Å²) in [5.41, 5.74) is 8.65. The van der Waals surface area contributed by atoms with Crippen LogP contribution in [0.4, 0.5) is 5.82 Å². The summed E-state index contributed by atoms with van der Waals surface area (Å²) in [6.07, 6.45) is 5.33. The first kappa shape index (κ1) is 12.8. The van der Waals surface area contributed by atoms with Crippen molar-refractivity contribution in [2.45, 2.75) is 45.6 Å². The first-order valence-corrected chi connectivity index (χ1v) is 7.37. The molecule has 2 fully saturated rings. The molecule has 0 radical (unpaired) electrons. The van der Waals surface area contributed by atoms with E-state index in [0.29, 0.717) is 11.0 Å². The zero-order valence-electron chi connectivity index (χ0n) is 11.4. The van der Waals surface area contributed by atoms with Crippen LogP contribution in [0, 0.1) is 25.7 Å². The number of nitrogens with one attached hydrogen (secondary N) is 1. The molecule has 2 aliphatic rings. The Hall–Kier alpha value is -1.23. The molecular formula is C14H20N4S. The average Bonchev–Trinajstić information content (AvgIpc) is 2.95. The Kier molecular flexibility index (Phi) is 3.17. The largest absolute Gasteiger partial charge is 0.389 e. The van der Waals surface area contributed by atoms with Gasteiger partial charge in [0.15, 0.2) is 5.82 Å². The maximum Gasteiger partial charge on any atom is 0.159 e. The lowest BCUT2D eigenvalue weighted by Crippen LogP contribution is -2.29. The summed E-state index contributed by atoms with van der Waals surface area (Å²) in [7, 11) is 0. The zero-order chi connectivity index (χ0) is 13.6. The molecule has 3 N–H and O–H groups in total. The van der Waals surface area contributed by atoms with Crippen molar-refractivity contribution in [2.24, 2.45) is 17.6 Å². The quantitative estimate of drug-likeness (QED) is 0.830. The van der Waals surface area contributed by atoms with Crippen LogP contribution >= 0.6 is 12.2 Å². The van der Waals surface area contributed by atoms with Crippen molar-refractivity contribution >= 4 is 23.0 Å². The molecule has 1 aromatic heterocycles. The molecule has 3 atom stereocenters. The third-order valence-corrected chi connectivity index (χ3v) is 4.97. The molecule has 3 unspecified atom stereocenters. The Bertz CT molecular complexity index is 528. The van der Waals surface area contributed by atoms with Gasteiger partial charge < -0.3 is 11.1 Å². The van der Waals surface area contributed by atoms with Crippen LogP contribution in [0.1, 0.15) is 42.5 Å². The molecule has 5 heteroatoms. The van der Waals surface area contributed by atoms with E-state index in [0.717, 1.165) is 34.5 Å². The Morgan fingerprint density at radius 3 is 2.63 bits per heavy atom. The number of hydrogen-bond acceptors (Lipinski definition) is 4. The number of nitrogens with zero attached hydrogens (tertiary/aromatic N) is 2. The van der Waals surface area contributed by atoms with Gasteiger partial charge >= 0.3 is 0 Å². The molecule has 19 heavy (non-hydrogen) atoms. The standard InChI is InChI=1S/C14H20N4S/c1-7-8(2)17-18-14(12(7)13(15)19)16-11-6-9-3-4-10(11)5-9/h9-11H,3-6H2,1-2H3,(H2,15,19)(H,16,18). The van der Waals surface area contributed by atoms with Gasteiger partial charge in [-0.15, -0.1) is 5.10 Å². The van der Waals surface area contributed by atoms with Gasteiger partial charge in [0, 0.05) is 6.04 Å². The van der Waals surface area contributed by atoms with E-state index in [-0.39, 0.29) is 0 Å². The number of rotatable bonds is 3. The van der Waals surface area contributed by atoms with Crippen molar-refractivity contribution in [1.82, 2.24) is 10.2 Å². The zero-order valence-corrected chi connectivity index (χ0v) is 12.3. The van der Waals surface area contributed by atoms with Crippen LogP contribution in [-0.2, 0) is 0 Å². The fraction of sp³-hybridized carbons (Fsp3) is 0.643. The maximum atomic E-state index is 5.86. The number of nitrogens with two attached hydrogens (primary N) is 1. The van der Waals surface area contributed by atoms with Crippen LogP contribution in [0.25, 0.3) is 0 Å². The van der Waals surface area contributed by atoms with Crippen molar-refractivity contribution in [3.05, 3.63) is 16.8 Å². The molecule has 1 heterocycles. The third-order valence-electron chi connectivity index (χ3n) is 4.76. The van der Waals surface area contributed by atoms with Crippen LogP contribution in [0.15, 0.2) is 0 Å². The van der Waals surface area contributed by atoms with E-state index in [1.165, 1.54) is 25.7 Å². The minimum atomic E-state index is 0.404. The second kappa shape index (κ2) is 4.71. The van der Waals surface area contributed by atoms with Gasteiger partial charge in [-0.2, -0.15) is 5.10 Å². The minimum absolute atomic E-state index is 0.404. The molecule has 2 bridgehead atoms. The molecular weight excluding hydrogens is 256 g/mol. The van der Waals surface area contributed by atoms with Crippen LogP contribution < -0.4 is 11.1 Å². The average molecular weight is 276 g/mol. The second-order valence-electron chi connectivity index (χ2n) is 5.92. The van der Waals surface area contributed by atoms with E-state index in [1.54, 1.807) is 0 Å². The van der Waals surface area contributed by atoms with Crippen LogP contribution in [0.3, 0.4) is 0 Å². The van der Waals surface area contributed by atoms with E-state index in [2.05, 4.69) is 15.5 Å². The van der Waals surface area contributed by atoms with Crippen LogP contribution in [-0.4, -0.2) is 21.2 Å². The van der Waals surface area contributed by atoms with Gasteiger partial charge in [-0.3, -0.25) is 0 Å². The third kappa shape index (κ3) is 2.20. The molecule has 2 aliphatic carbocycles. The van der Waals surface area contributed by atoms with Crippen molar-refractivity contribution in [3.63, 3.8) is 0 Å². The maximum absolute atomic E-state index is 5.86. The fourth-order valence-corrected chi connectivity index (χ4v) is 3.86. The summed E-state index contributed by atoms with van der Waals surface area (Å²) in [5.74, 6) is 2.45. The molecule has 102 valence electrons. The number of aryl methyl sites for hydroxylation is 1. The Morgan fingerprint density at radius 2 is 2.05 bits per heavy atom. The van der Waals surface area contributed by atoms with E-state index < -0.39 is 0 Å². The lowest BCUT2D eigenvalue weighted by Gasteiger charge is -2.24. The monoisotopic (exact) mass is 276 g/mol. The highest BCUT2D eigenvalue weighted by Crippen LogP contribution is 2.45. The molecule has 2 saturated carbocycles. The Labute approximate surface area is 119 Å². The van der Waals surface area contributed by atoms with Gasteiger partial charge in [0.25, 0.3) is 0 Å². The normalized spacial score (nSPS) is 28.6. The van der Waals surface area contributed by atoms with Crippen molar-refractivity contribution < 1.29 is 0 Å². The van der Waals surface area contributed by atoms with Crippen molar-refractivity contribution in [2.75, 3.05) is 5.32 Å². The number of thiocarbonyl (C=S) groups is 1. The summed E-state index contributed by atoms with van der Waals surface area (Å²) < 4.78 is 0. The van der Waals surface area contributed by atoms with Crippen LogP contribution in [0.2, 0.25) is 0 Å². The predicted molar refractivity (Wildman–Crippen MR) is 80.3 cm³/mol. The summed E-state index contributed by atoms with van der Waals surface area (Å²) >= 11 is 5.17. The van der Waals surface area contributed by atoms with Gasteiger partial charge in [0.1, 0.15) is 4.99 Å². The Morgan fingerprint density at radius 1 is 1.26 bits per heavy atom. The van der Waals surface area contributed by atoms with E-state index in [9.17, 15) is 0 Å². The summed E-state index contributed by atoms with van der Waals surface area (Å²) in [6, 6.07) is 0.517. The molecule has 0 amide bonds. The van der Waals surface area contributed by atoms with Crippen molar-refractivity contribution in [3.8, 4) is 0 Å². The highest BCUT2D eigenvalue weighted by Gasteiger charge is 2.39. The first-order valence-electron chi connectivity index (χ1n) is 6.96. The van der Waals surface area contributed by atoms with Gasteiger partial charge in [0.05, 0.1) is 11.3 Å². The number of aromatic nitrogens is 2. The van der Waals surface area contributed by atoms with Gasteiger partial charge in [0.2, 0.25) is 0 Å². The van der Waals surface area contributed by atoms with Crippen LogP contribution in [0.5, 0.6) is 0 Å². The molecule has 1 aromatic rings. The molecule has 0 aliphatic heterocycles. The molecule has 0 saturated heterocycles. The summed E-state index contributed by atoms with van der Waals surface area (Å²) in [6.45, 7) is 3.94. The fourth-order valence-electron chi connectivity index (χ4n) is 3.61. The molecule has 0 spiro atoms. The molecule has 0 aromatic carbocycles. The summed E-state index contributed by atoms with van der Waals surface area (Å²) in [4.78, 5) is 0.404. The lowest BCUT2D eigenvalue weighted by atomic mass is 9.95. The van der Waals surface area contributed by atoms with E-state index in [4.69, 9.17) is 18.0 Å². The smallest absolute Gasteiger partial charge is 0.159 e.